The van der Waals surface area contributed by atoms with Crippen LogP contribution in [-0.4, -0.2) is 46.0 Å². The van der Waals surface area contributed by atoms with Crippen molar-refractivity contribution >= 4 is 17.9 Å². The minimum atomic E-state index is -0.855. The molecule has 34 heavy (non-hydrogen) atoms. The molecule has 192 valence electrons. The summed E-state index contributed by atoms with van der Waals surface area (Å²) in [6.45, 7) is 22.4. The monoisotopic (exact) mass is 475 g/mol. The number of carbonyl (C=O) groups excluding carboxylic acids is 3. The summed E-state index contributed by atoms with van der Waals surface area (Å²) in [7, 11) is 0. The summed E-state index contributed by atoms with van der Waals surface area (Å²) in [5.41, 5.74) is 1.47. The quantitative estimate of drug-likeness (QED) is 0.578. The van der Waals surface area contributed by atoms with Crippen LogP contribution in [0, 0.1) is 19.8 Å². The molecule has 0 saturated carbocycles. The zero-order valence-electron chi connectivity index (χ0n) is 23.1. The summed E-state index contributed by atoms with van der Waals surface area (Å²) in [5.74, 6) is -0.801. The molecule has 0 bridgehead atoms. The van der Waals surface area contributed by atoms with Crippen LogP contribution in [0.1, 0.15) is 92.0 Å². The maximum Gasteiger partial charge on any atom is 0.408 e. The van der Waals surface area contributed by atoms with Crippen LogP contribution in [0.4, 0.5) is 4.79 Å². The van der Waals surface area contributed by atoms with Gasteiger partial charge in [0.25, 0.3) is 0 Å². The molecule has 0 saturated heterocycles. The van der Waals surface area contributed by atoms with Gasteiger partial charge in [-0.2, -0.15) is 0 Å². The van der Waals surface area contributed by atoms with Crippen molar-refractivity contribution in [3.8, 4) is 0 Å². The van der Waals surface area contributed by atoms with E-state index in [0.717, 1.165) is 16.7 Å². The molecule has 0 aromatic heterocycles. The van der Waals surface area contributed by atoms with E-state index < -0.39 is 29.3 Å². The number of rotatable bonds is 7. The molecule has 0 aliphatic rings. The van der Waals surface area contributed by atoms with Gasteiger partial charge in [-0.15, -0.1) is 0 Å². The molecule has 0 aliphatic carbocycles. The Morgan fingerprint density at radius 1 is 0.912 bits per heavy atom. The second-order valence-corrected chi connectivity index (χ2v) is 11.7. The van der Waals surface area contributed by atoms with Crippen LogP contribution in [0.15, 0.2) is 18.2 Å². The summed E-state index contributed by atoms with van der Waals surface area (Å²) in [6, 6.07) is 3.82. The highest BCUT2D eigenvalue weighted by Gasteiger charge is 2.40. The molecule has 2 unspecified atom stereocenters. The third-order valence-corrected chi connectivity index (χ3v) is 5.26. The van der Waals surface area contributed by atoms with E-state index in [2.05, 4.69) is 10.6 Å². The van der Waals surface area contributed by atoms with Crippen molar-refractivity contribution in [1.29, 1.82) is 0 Å². The van der Waals surface area contributed by atoms with Gasteiger partial charge in [-0.1, -0.05) is 32.0 Å². The van der Waals surface area contributed by atoms with Crippen molar-refractivity contribution in [3.05, 3.63) is 34.9 Å². The number of nitrogens with one attached hydrogen (secondary N) is 2. The smallest absolute Gasteiger partial charge is 0.408 e. The Morgan fingerprint density at radius 3 is 1.79 bits per heavy atom. The van der Waals surface area contributed by atoms with Gasteiger partial charge in [0.2, 0.25) is 11.8 Å². The number of aryl methyl sites for hydroxylation is 2. The number of ether oxygens (including phenoxy) is 1. The molecule has 1 aromatic rings. The topological polar surface area (TPSA) is 87.7 Å². The number of hydrogen-bond donors (Lipinski definition) is 2. The standard InChI is InChI=1S/C27H45N3O4/c1-16(2)21(28-25(33)34-27(10,11)12)24(32)30(17(3)4)22(23(31)29-26(7,8)9)20-18(5)14-13-15-19(20)6/h13-17,21-22H,1-12H3,(H,28,33)(H,29,31). The van der Waals surface area contributed by atoms with Crippen molar-refractivity contribution in [1.82, 2.24) is 15.5 Å². The Bertz CT molecular complexity index is 859. The third kappa shape index (κ3) is 8.33. The van der Waals surface area contributed by atoms with E-state index in [1.54, 1.807) is 25.7 Å². The number of hydrogen-bond acceptors (Lipinski definition) is 4. The van der Waals surface area contributed by atoms with Crippen LogP contribution in [0.5, 0.6) is 0 Å². The summed E-state index contributed by atoms with van der Waals surface area (Å²) in [4.78, 5) is 41.9. The normalized spacial score (nSPS) is 13.9. The lowest BCUT2D eigenvalue weighted by Crippen LogP contribution is -2.58. The molecule has 1 rings (SSSR count). The van der Waals surface area contributed by atoms with Gasteiger partial charge in [0.05, 0.1) is 0 Å². The van der Waals surface area contributed by atoms with Gasteiger partial charge in [-0.05, 0) is 91.8 Å². The van der Waals surface area contributed by atoms with E-state index in [1.165, 1.54) is 0 Å². The van der Waals surface area contributed by atoms with Crippen LogP contribution < -0.4 is 10.6 Å². The van der Waals surface area contributed by atoms with Crippen molar-refractivity contribution in [2.45, 2.75) is 112 Å². The first kappa shape index (κ1) is 29.5. The highest BCUT2D eigenvalue weighted by molar-refractivity contribution is 5.93. The number of benzene rings is 1. The van der Waals surface area contributed by atoms with Gasteiger partial charge >= 0.3 is 6.09 Å². The molecule has 2 atom stereocenters. The molecule has 3 amide bonds. The molecule has 0 heterocycles. The molecule has 0 radical (unpaired) electrons. The van der Waals surface area contributed by atoms with Gasteiger partial charge in [0, 0.05) is 11.6 Å². The summed E-state index contributed by atoms with van der Waals surface area (Å²) in [6.07, 6.45) is -0.661. The fourth-order valence-corrected chi connectivity index (χ4v) is 3.88. The van der Waals surface area contributed by atoms with Crippen LogP contribution in [-0.2, 0) is 14.3 Å². The second kappa shape index (κ2) is 11.2. The van der Waals surface area contributed by atoms with E-state index >= 15 is 0 Å². The van der Waals surface area contributed by atoms with Gasteiger partial charge < -0.3 is 20.3 Å². The van der Waals surface area contributed by atoms with Crippen LogP contribution in [0.2, 0.25) is 0 Å². The SMILES string of the molecule is Cc1cccc(C)c1C(C(=O)NC(C)(C)C)N(C(=O)C(NC(=O)OC(C)(C)C)C(C)C)C(C)C. The number of carbonyl (C=O) groups is 3. The van der Waals surface area contributed by atoms with Crippen molar-refractivity contribution in [2.75, 3.05) is 0 Å². The maximum absolute atomic E-state index is 14.0. The van der Waals surface area contributed by atoms with Crippen molar-refractivity contribution in [2.24, 2.45) is 5.92 Å². The van der Waals surface area contributed by atoms with Crippen LogP contribution in [0.25, 0.3) is 0 Å². The van der Waals surface area contributed by atoms with Crippen molar-refractivity contribution in [3.63, 3.8) is 0 Å². The fraction of sp³-hybridized carbons (Fsp3) is 0.667. The Balaban J connectivity index is 3.59. The lowest BCUT2D eigenvalue weighted by molar-refractivity contribution is -0.146. The molecule has 1 aromatic carbocycles. The first-order chi connectivity index (χ1) is 15.4. The molecule has 7 heteroatoms. The van der Waals surface area contributed by atoms with Crippen LogP contribution in [0.3, 0.4) is 0 Å². The summed E-state index contributed by atoms with van der Waals surface area (Å²) in [5, 5.41) is 5.80. The zero-order chi connectivity index (χ0) is 26.6. The number of alkyl carbamates (subject to hydrolysis) is 1. The molecule has 7 nitrogen and oxygen atoms in total. The maximum atomic E-state index is 14.0. The third-order valence-electron chi connectivity index (χ3n) is 5.26. The Morgan fingerprint density at radius 2 is 1.41 bits per heavy atom. The molecular formula is C27H45N3O4. The van der Waals surface area contributed by atoms with Gasteiger partial charge in [0.1, 0.15) is 17.7 Å². The highest BCUT2D eigenvalue weighted by Crippen LogP contribution is 2.31. The lowest BCUT2D eigenvalue weighted by atomic mass is 9.91. The van der Waals surface area contributed by atoms with Crippen LogP contribution >= 0.6 is 0 Å². The van der Waals surface area contributed by atoms with E-state index in [0.29, 0.717) is 0 Å². The molecule has 0 aliphatic heterocycles. The Kier molecular flexibility index (Phi) is 9.74. The molecule has 0 spiro atoms. The first-order valence-electron chi connectivity index (χ1n) is 12.1. The van der Waals surface area contributed by atoms with Gasteiger partial charge in [0.15, 0.2) is 0 Å². The summed E-state index contributed by atoms with van der Waals surface area (Å²) < 4.78 is 5.41. The molecule has 0 fully saturated rings. The second-order valence-electron chi connectivity index (χ2n) is 11.7. The van der Waals surface area contributed by atoms with E-state index in [4.69, 9.17) is 4.74 Å². The molecular weight excluding hydrogens is 430 g/mol. The Hall–Kier alpha value is -2.57. The number of nitrogens with zero attached hydrogens (tertiary/aromatic N) is 1. The minimum absolute atomic E-state index is 0.217. The number of amides is 3. The zero-order valence-corrected chi connectivity index (χ0v) is 23.1. The predicted octanol–water partition coefficient (Wildman–Crippen LogP) is 5.05. The van der Waals surface area contributed by atoms with E-state index in [1.807, 2.05) is 80.5 Å². The average molecular weight is 476 g/mol. The van der Waals surface area contributed by atoms with Gasteiger partial charge in [-0.25, -0.2) is 4.79 Å². The molecule has 2 N–H and O–H groups in total. The minimum Gasteiger partial charge on any atom is -0.444 e. The largest absolute Gasteiger partial charge is 0.444 e. The highest BCUT2D eigenvalue weighted by atomic mass is 16.6. The van der Waals surface area contributed by atoms with Crippen molar-refractivity contribution < 1.29 is 19.1 Å². The Labute approximate surface area is 206 Å². The lowest BCUT2D eigenvalue weighted by Gasteiger charge is -2.40. The summed E-state index contributed by atoms with van der Waals surface area (Å²) >= 11 is 0. The average Bonchev–Trinajstić information content (AvgIpc) is 2.61. The van der Waals surface area contributed by atoms with E-state index in [-0.39, 0.29) is 23.8 Å². The van der Waals surface area contributed by atoms with E-state index in [9.17, 15) is 14.4 Å². The fourth-order valence-electron chi connectivity index (χ4n) is 3.88. The van der Waals surface area contributed by atoms with Gasteiger partial charge in [-0.3, -0.25) is 9.59 Å². The predicted molar refractivity (Wildman–Crippen MR) is 137 cm³/mol. The first-order valence-corrected chi connectivity index (χ1v) is 12.1.